The molecule has 2 rings (SSSR count). The Kier molecular flexibility index (Phi) is 5.01. The molecule has 2 aliphatic rings. The van der Waals surface area contributed by atoms with Gasteiger partial charge in [-0.2, -0.15) is 0 Å². The van der Waals surface area contributed by atoms with Crippen molar-refractivity contribution in [2.24, 2.45) is 0 Å². The molecule has 1 N–H and O–H groups in total. The first kappa shape index (κ1) is 14.3. The zero-order chi connectivity index (χ0) is 13.0. The first-order valence-corrected chi connectivity index (χ1v) is 7.52. The van der Waals surface area contributed by atoms with Gasteiger partial charge in [-0.1, -0.05) is 6.92 Å². The number of rotatable bonds is 4. The molecular formula is C14H30N4. The maximum absolute atomic E-state index is 3.44. The maximum Gasteiger partial charge on any atom is 0.0281 e. The van der Waals surface area contributed by atoms with Crippen molar-refractivity contribution in [3.05, 3.63) is 0 Å². The first-order chi connectivity index (χ1) is 8.62. The fourth-order valence-corrected chi connectivity index (χ4v) is 3.18. The number of piperazine rings is 2. The molecular weight excluding hydrogens is 224 g/mol. The molecule has 0 unspecified atom stereocenters. The van der Waals surface area contributed by atoms with E-state index < -0.39 is 0 Å². The normalized spacial score (nSPS) is 25.5. The molecule has 106 valence electrons. The van der Waals surface area contributed by atoms with Crippen molar-refractivity contribution in [2.75, 3.05) is 65.4 Å². The summed E-state index contributed by atoms with van der Waals surface area (Å²) in [5, 5.41) is 3.44. The largest absolute Gasteiger partial charge is 0.314 e. The Balaban J connectivity index is 1.80. The van der Waals surface area contributed by atoms with Gasteiger partial charge in [-0.15, -0.1) is 0 Å². The van der Waals surface area contributed by atoms with Crippen molar-refractivity contribution in [1.29, 1.82) is 0 Å². The summed E-state index contributed by atoms with van der Waals surface area (Å²) in [6.07, 6.45) is 0. The van der Waals surface area contributed by atoms with Gasteiger partial charge in [-0.25, -0.2) is 0 Å². The van der Waals surface area contributed by atoms with E-state index >= 15 is 0 Å². The van der Waals surface area contributed by atoms with Gasteiger partial charge in [0.1, 0.15) is 0 Å². The lowest BCUT2D eigenvalue weighted by Crippen LogP contribution is -2.59. The summed E-state index contributed by atoms with van der Waals surface area (Å²) < 4.78 is 0. The molecule has 2 heterocycles. The van der Waals surface area contributed by atoms with Crippen molar-refractivity contribution in [3.8, 4) is 0 Å². The topological polar surface area (TPSA) is 21.8 Å². The van der Waals surface area contributed by atoms with E-state index in [1.165, 1.54) is 52.4 Å². The minimum absolute atomic E-state index is 0.316. The third-order valence-corrected chi connectivity index (χ3v) is 4.50. The fraction of sp³-hybridized carbons (Fsp3) is 1.00. The molecule has 0 aromatic rings. The van der Waals surface area contributed by atoms with Crippen LogP contribution >= 0.6 is 0 Å². The molecule has 0 aromatic heterocycles. The maximum atomic E-state index is 3.44. The second-order valence-corrected chi connectivity index (χ2v) is 6.26. The van der Waals surface area contributed by atoms with E-state index in [1.807, 2.05) is 0 Å². The van der Waals surface area contributed by atoms with Crippen molar-refractivity contribution < 1.29 is 0 Å². The highest BCUT2D eigenvalue weighted by Crippen LogP contribution is 2.17. The van der Waals surface area contributed by atoms with Gasteiger partial charge < -0.3 is 10.2 Å². The summed E-state index contributed by atoms with van der Waals surface area (Å²) in [6, 6.07) is 0. The predicted molar refractivity (Wildman–Crippen MR) is 77.1 cm³/mol. The molecule has 2 saturated heterocycles. The lowest BCUT2D eigenvalue weighted by Gasteiger charge is -2.45. The molecule has 4 heteroatoms. The molecule has 0 saturated carbocycles. The average Bonchev–Trinajstić information content (AvgIpc) is 2.40. The van der Waals surface area contributed by atoms with Gasteiger partial charge in [-0.3, -0.25) is 9.80 Å². The third kappa shape index (κ3) is 3.67. The summed E-state index contributed by atoms with van der Waals surface area (Å²) >= 11 is 0. The summed E-state index contributed by atoms with van der Waals surface area (Å²) in [5.41, 5.74) is 0.316. The molecule has 18 heavy (non-hydrogen) atoms. The van der Waals surface area contributed by atoms with Gasteiger partial charge in [0.2, 0.25) is 0 Å². The molecule has 0 aliphatic carbocycles. The van der Waals surface area contributed by atoms with Crippen LogP contribution in [-0.4, -0.2) is 85.7 Å². The van der Waals surface area contributed by atoms with Gasteiger partial charge in [0.25, 0.3) is 0 Å². The lowest BCUT2D eigenvalue weighted by atomic mass is 10.0. The zero-order valence-electron chi connectivity index (χ0n) is 12.4. The van der Waals surface area contributed by atoms with Crippen molar-refractivity contribution in [2.45, 2.75) is 26.3 Å². The quantitative estimate of drug-likeness (QED) is 0.779. The van der Waals surface area contributed by atoms with Gasteiger partial charge in [-0.05, 0) is 20.4 Å². The number of hydrogen-bond donors (Lipinski definition) is 1. The third-order valence-electron chi connectivity index (χ3n) is 4.50. The lowest BCUT2D eigenvalue weighted by molar-refractivity contribution is 0.0423. The molecule has 2 aliphatic heterocycles. The summed E-state index contributed by atoms with van der Waals surface area (Å²) in [7, 11) is 0. The Hall–Kier alpha value is -0.160. The van der Waals surface area contributed by atoms with E-state index in [0.717, 1.165) is 13.1 Å². The van der Waals surface area contributed by atoms with Crippen molar-refractivity contribution in [3.63, 3.8) is 0 Å². The molecule has 0 atom stereocenters. The van der Waals surface area contributed by atoms with Crippen LogP contribution in [0.1, 0.15) is 20.8 Å². The van der Waals surface area contributed by atoms with E-state index in [1.54, 1.807) is 0 Å². The van der Waals surface area contributed by atoms with Gasteiger partial charge in [0.05, 0.1) is 0 Å². The fourth-order valence-electron chi connectivity index (χ4n) is 3.18. The minimum atomic E-state index is 0.316. The molecule has 0 bridgehead atoms. The van der Waals surface area contributed by atoms with Crippen LogP contribution in [0.5, 0.6) is 0 Å². The van der Waals surface area contributed by atoms with Crippen LogP contribution in [0.2, 0.25) is 0 Å². The Morgan fingerprint density at radius 1 is 0.889 bits per heavy atom. The molecule has 0 amide bonds. The highest BCUT2D eigenvalue weighted by Gasteiger charge is 2.30. The molecule has 4 nitrogen and oxygen atoms in total. The van der Waals surface area contributed by atoms with Gasteiger partial charge >= 0.3 is 0 Å². The zero-order valence-corrected chi connectivity index (χ0v) is 12.4. The highest BCUT2D eigenvalue weighted by atomic mass is 15.3. The predicted octanol–water partition coefficient (Wildman–Crippen LogP) is 0.308. The van der Waals surface area contributed by atoms with Crippen LogP contribution < -0.4 is 5.32 Å². The van der Waals surface area contributed by atoms with Crippen LogP contribution in [0.25, 0.3) is 0 Å². The molecule has 0 aromatic carbocycles. The highest BCUT2D eigenvalue weighted by molar-refractivity contribution is 4.88. The second-order valence-electron chi connectivity index (χ2n) is 6.26. The molecule has 0 radical (unpaired) electrons. The minimum Gasteiger partial charge on any atom is -0.314 e. The smallest absolute Gasteiger partial charge is 0.0281 e. The first-order valence-electron chi connectivity index (χ1n) is 7.52. The Labute approximate surface area is 112 Å². The number of likely N-dealkylation sites (N-methyl/N-ethyl adjacent to an activating group) is 1. The van der Waals surface area contributed by atoms with E-state index in [2.05, 4.69) is 40.8 Å². The number of hydrogen-bond acceptors (Lipinski definition) is 4. The second kappa shape index (κ2) is 6.33. The van der Waals surface area contributed by atoms with Crippen LogP contribution in [-0.2, 0) is 0 Å². The molecule has 2 fully saturated rings. The average molecular weight is 254 g/mol. The van der Waals surface area contributed by atoms with Crippen LogP contribution in [0.3, 0.4) is 0 Å². The Morgan fingerprint density at radius 2 is 1.44 bits per heavy atom. The van der Waals surface area contributed by atoms with Gasteiger partial charge in [0, 0.05) is 64.4 Å². The molecule has 0 spiro atoms. The van der Waals surface area contributed by atoms with Crippen LogP contribution in [0.4, 0.5) is 0 Å². The van der Waals surface area contributed by atoms with E-state index in [9.17, 15) is 0 Å². The number of nitrogens with one attached hydrogen (secondary N) is 1. The standard InChI is InChI=1S/C14H30N4/c1-4-16-9-11-17(12-10-16)13-14(2,3)18-7-5-15-6-8-18/h15H,4-13H2,1-3H3. The van der Waals surface area contributed by atoms with Gasteiger partial charge in [0.15, 0.2) is 0 Å². The van der Waals surface area contributed by atoms with E-state index in [0.29, 0.717) is 5.54 Å². The monoisotopic (exact) mass is 254 g/mol. The van der Waals surface area contributed by atoms with E-state index in [4.69, 9.17) is 0 Å². The Morgan fingerprint density at radius 3 is 2.00 bits per heavy atom. The van der Waals surface area contributed by atoms with Crippen LogP contribution in [0.15, 0.2) is 0 Å². The SMILES string of the molecule is CCN1CCN(CC(C)(C)N2CCNCC2)CC1. The summed E-state index contributed by atoms with van der Waals surface area (Å²) in [5.74, 6) is 0. The Bertz CT molecular complexity index is 240. The summed E-state index contributed by atoms with van der Waals surface area (Å²) in [6.45, 7) is 19.1. The van der Waals surface area contributed by atoms with Crippen molar-refractivity contribution >= 4 is 0 Å². The van der Waals surface area contributed by atoms with Crippen molar-refractivity contribution in [1.82, 2.24) is 20.0 Å². The summed E-state index contributed by atoms with van der Waals surface area (Å²) in [4.78, 5) is 7.85. The number of nitrogens with zero attached hydrogens (tertiary/aromatic N) is 3. The van der Waals surface area contributed by atoms with Crippen LogP contribution in [0, 0.1) is 0 Å². The van der Waals surface area contributed by atoms with E-state index in [-0.39, 0.29) is 0 Å².